The third-order valence-electron chi connectivity index (χ3n) is 3.99. The number of allylic oxidation sites excluding steroid dienone is 3. The SMILES string of the molecule is C1=CC(c2ccccc2)C(C=Cc2ccccc2)CC1. The van der Waals surface area contributed by atoms with Crippen LogP contribution in [0.1, 0.15) is 29.9 Å². The second kappa shape index (κ2) is 6.38. The molecule has 1 aliphatic carbocycles. The van der Waals surface area contributed by atoms with Crippen LogP contribution in [-0.4, -0.2) is 0 Å². The van der Waals surface area contributed by atoms with Crippen LogP contribution >= 0.6 is 0 Å². The van der Waals surface area contributed by atoms with Gasteiger partial charge < -0.3 is 0 Å². The standard InChI is InChI=1S/C20H20/c1-3-9-17(10-4-1)15-16-19-13-7-8-14-20(19)18-11-5-2-6-12-18/h1-6,8-12,14-16,19-20H,7,13H2. The molecule has 0 nitrogen and oxygen atoms in total. The molecule has 2 aromatic rings. The molecular formula is C20H20. The molecule has 1 aliphatic rings. The molecule has 0 saturated heterocycles. The van der Waals surface area contributed by atoms with Gasteiger partial charge in [0, 0.05) is 5.92 Å². The van der Waals surface area contributed by atoms with Gasteiger partial charge in [-0.3, -0.25) is 0 Å². The van der Waals surface area contributed by atoms with Gasteiger partial charge in [-0.15, -0.1) is 0 Å². The van der Waals surface area contributed by atoms with Gasteiger partial charge in [0.25, 0.3) is 0 Å². The van der Waals surface area contributed by atoms with Gasteiger partial charge in [0.1, 0.15) is 0 Å². The van der Waals surface area contributed by atoms with Crippen molar-refractivity contribution >= 4 is 6.08 Å². The summed E-state index contributed by atoms with van der Waals surface area (Å²) in [6.45, 7) is 0. The van der Waals surface area contributed by atoms with Gasteiger partial charge in [0.2, 0.25) is 0 Å². The molecule has 0 radical (unpaired) electrons. The van der Waals surface area contributed by atoms with Crippen molar-refractivity contribution in [2.24, 2.45) is 5.92 Å². The van der Waals surface area contributed by atoms with E-state index in [1.807, 2.05) is 0 Å². The highest BCUT2D eigenvalue weighted by Gasteiger charge is 2.20. The first kappa shape index (κ1) is 12.9. The summed E-state index contributed by atoms with van der Waals surface area (Å²) in [6.07, 6.45) is 11.8. The van der Waals surface area contributed by atoms with Gasteiger partial charge in [-0.1, -0.05) is 85.0 Å². The van der Waals surface area contributed by atoms with Crippen LogP contribution in [0.25, 0.3) is 6.08 Å². The Kier molecular flexibility index (Phi) is 4.13. The second-order valence-electron chi connectivity index (χ2n) is 5.38. The minimum absolute atomic E-state index is 0.518. The molecule has 0 heteroatoms. The summed E-state index contributed by atoms with van der Waals surface area (Å²) in [5.41, 5.74) is 2.71. The van der Waals surface area contributed by atoms with Crippen molar-refractivity contribution in [3.05, 3.63) is 90.0 Å². The second-order valence-corrected chi connectivity index (χ2v) is 5.38. The summed E-state index contributed by atoms with van der Waals surface area (Å²) in [4.78, 5) is 0. The first-order valence-electron chi connectivity index (χ1n) is 7.38. The summed E-state index contributed by atoms with van der Waals surface area (Å²) < 4.78 is 0. The molecule has 0 aromatic heterocycles. The molecule has 0 amide bonds. The van der Waals surface area contributed by atoms with Crippen LogP contribution in [0.2, 0.25) is 0 Å². The molecule has 0 spiro atoms. The highest BCUT2D eigenvalue weighted by atomic mass is 14.2. The highest BCUT2D eigenvalue weighted by Crippen LogP contribution is 2.34. The van der Waals surface area contributed by atoms with Crippen LogP contribution in [0, 0.1) is 5.92 Å². The van der Waals surface area contributed by atoms with Crippen LogP contribution in [0.4, 0.5) is 0 Å². The van der Waals surface area contributed by atoms with Gasteiger partial charge >= 0.3 is 0 Å². The van der Waals surface area contributed by atoms with Gasteiger partial charge in [-0.05, 0) is 29.9 Å². The zero-order valence-electron chi connectivity index (χ0n) is 11.7. The normalized spacial score (nSPS) is 22.2. The Morgan fingerprint density at radius 2 is 1.55 bits per heavy atom. The third-order valence-corrected chi connectivity index (χ3v) is 3.99. The van der Waals surface area contributed by atoms with Crippen molar-refractivity contribution in [1.29, 1.82) is 0 Å². The van der Waals surface area contributed by atoms with Crippen molar-refractivity contribution < 1.29 is 0 Å². The molecule has 0 aliphatic heterocycles. The fourth-order valence-corrected chi connectivity index (χ4v) is 2.90. The van der Waals surface area contributed by atoms with E-state index in [0.29, 0.717) is 11.8 Å². The predicted molar refractivity (Wildman–Crippen MR) is 86.5 cm³/mol. The Labute approximate surface area is 121 Å². The van der Waals surface area contributed by atoms with Crippen LogP contribution in [0.3, 0.4) is 0 Å². The van der Waals surface area contributed by atoms with E-state index < -0.39 is 0 Å². The molecule has 100 valence electrons. The Balaban J connectivity index is 1.81. The van der Waals surface area contributed by atoms with Crippen LogP contribution in [-0.2, 0) is 0 Å². The maximum atomic E-state index is 2.39. The summed E-state index contributed by atoms with van der Waals surface area (Å²) in [5.74, 6) is 1.12. The summed E-state index contributed by atoms with van der Waals surface area (Å²) in [5, 5.41) is 0. The van der Waals surface area contributed by atoms with Crippen LogP contribution in [0.15, 0.2) is 78.9 Å². The molecule has 0 saturated carbocycles. The smallest absolute Gasteiger partial charge is 0.00810 e. The first-order chi connectivity index (χ1) is 9.93. The van der Waals surface area contributed by atoms with E-state index in [0.717, 1.165) is 0 Å². The lowest BCUT2D eigenvalue weighted by molar-refractivity contribution is 0.521. The monoisotopic (exact) mass is 260 g/mol. The fourth-order valence-electron chi connectivity index (χ4n) is 2.90. The van der Waals surface area contributed by atoms with Crippen molar-refractivity contribution in [1.82, 2.24) is 0 Å². The Bertz CT molecular complexity index is 578. The maximum absolute atomic E-state index is 2.39. The average Bonchev–Trinajstić information content (AvgIpc) is 2.55. The van der Waals surface area contributed by atoms with Crippen molar-refractivity contribution in [2.75, 3.05) is 0 Å². The zero-order chi connectivity index (χ0) is 13.6. The Hall–Kier alpha value is -2.08. The molecule has 0 fully saturated rings. The fraction of sp³-hybridized carbons (Fsp3) is 0.200. The Morgan fingerprint density at radius 3 is 2.30 bits per heavy atom. The molecule has 2 unspecified atom stereocenters. The lowest BCUT2D eigenvalue weighted by atomic mass is 9.79. The van der Waals surface area contributed by atoms with E-state index in [1.165, 1.54) is 24.0 Å². The first-order valence-corrected chi connectivity index (χ1v) is 7.38. The van der Waals surface area contributed by atoms with E-state index >= 15 is 0 Å². The predicted octanol–water partition coefficient (Wildman–Crippen LogP) is 5.45. The van der Waals surface area contributed by atoms with E-state index in [9.17, 15) is 0 Å². The molecule has 0 heterocycles. The summed E-state index contributed by atoms with van der Waals surface area (Å²) in [6, 6.07) is 21.4. The largest absolute Gasteiger partial charge is 0.0879 e. The maximum Gasteiger partial charge on any atom is 0.00810 e. The molecule has 0 N–H and O–H groups in total. The molecule has 0 bridgehead atoms. The number of hydrogen-bond donors (Lipinski definition) is 0. The van der Waals surface area contributed by atoms with Gasteiger partial charge in [-0.25, -0.2) is 0 Å². The van der Waals surface area contributed by atoms with Gasteiger partial charge in [-0.2, -0.15) is 0 Å². The topological polar surface area (TPSA) is 0 Å². The van der Waals surface area contributed by atoms with Crippen LogP contribution in [0.5, 0.6) is 0 Å². The van der Waals surface area contributed by atoms with Crippen molar-refractivity contribution in [3.8, 4) is 0 Å². The quantitative estimate of drug-likeness (QED) is 0.644. The summed E-state index contributed by atoms with van der Waals surface area (Å²) in [7, 11) is 0. The van der Waals surface area contributed by atoms with E-state index in [1.54, 1.807) is 0 Å². The highest BCUT2D eigenvalue weighted by molar-refractivity contribution is 5.49. The third kappa shape index (κ3) is 3.08. The van der Waals surface area contributed by atoms with Gasteiger partial charge in [0.05, 0.1) is 0 Å². The minimum atomic E-state index is 0.518. The molecule has 20 heavy (non-hydrogen) atoms. The van der Waals surface area contributed by atoms with Crippen molar-refractivity contribution in [3.63, 3.8) is 0 Å². The number of benzene rings is 2. The van der Waals surface area contributed by atoms with E-state index in [4.69, 9.17) is 0 Å². The lowest BCUT2D eigenvalue weighted by Crippen LogP contribution is -2.11. The molecule has 2 aromatic carbocycles. The van der Waals surface area contributed by atoms with E-state index in [2.05, 4.69) is 85.0 Å². The van der Waals surface area contributed by atoms with E-state index in [-0.39, 0.29) is 0 Å². The molecule has 3 rings (SSSR count). The van der Waals surface area contributed by atoms with Crippen molar-refractivity contribution in [2.45, 2.75) is 18.8 Å². The number of rotatable bonds is 3. The minimum Gasteiger partial charge on any atom is -0.0879 e. The molecule has 2 atom stereocenters. The van der Waals surface area contributed by atoms with Crippen LogP contribution < -0.4 is 0 Å². The lowest BCUT2D eigenvalue weighted by Gasteiger charge is -2.25. The van der Waals surface area contributed by atoms with Gasteiger partial charge in [0.15, 0.2) is 0 Å². The molecular weight excluding hydrogens is 240 g/mol. The Morgan fingerprint density at radius 1 is 0.850 bits per heavy atom. The summed E-state index contributed by atoms with van der Waals surface area (Å²) >= 11 is 0. The number of hydrogen-bond acceptors (Lipinski definition) is 0. The average molecular weight is 260 g/mol. The zero-order valence-corrected chi connectivity index (χ0v) is 11.7.